The number of amides is 4. The van der Waals surface area contributed by atoms with Crippen molar-refractivity contribution in [1.82, 2.24) is 25.1 Å². The summed E-state index contributed by atoms with van der Waals surface area (Å²) in [6, 6.07) is 5.79. The van der Waals surface area contributed by atoms with Gasteiger partial charge in [-0.2, -0.15) is 0 Å². The number of rotatable bonds is 14. The quantitative estimate of drug-likeness (QED) is 0.261. The zero-order valence-electron chi connectivity index (χ0n) is 22.9. The molecule has 2 heterocycles. The van der Waals surface area contributed by atoms with Gasteiger partial charge < -0.3 is 10.6 Å². The van der Waals surface area contributed by atoms with Crippen LogP contribution in [0.3, 0.4) is 0 Å². The molecule has 40 heavy (non-hydrogen) atoms. The van der Waals surface area contributed by atoms with Crippen LogP contribution in [0, 0.1) is 5.92 Å². The third-order valence-electron chi connectivity index (χ3n) is 6.33. The Labute approximate surface area is 237 Å². The molecule has 0 aliphatic carbocycles. The highest BCUT2D eigenvalue weighted by molar-refractivity contribution is 8.14. The van der Waals surface area contributed by atoms with Crippen molar-refractivity contribution < 1.29 is 28.8 Å². The Balaban J connectivity index is 1.53. The number of imidazole rings is 1. The van der Waals surface area contributed by atoms with Crippen molar-refractivity contribution in [2.24, 2.45) is 5.92 Å². The van der Waals surface area contributed by atoms with E-state index >= 15 is 0 Å². The third-order valence-corrected chi connectivity index (χ3v) is 7.39. The molecule has 1 aromatic carbocycles. The number of aromatic nitrogens is 2. The molecule has 11 nitrogen and oxygen atoms in total. The first-order chi connectivity index (χ1) is 19.1. The number of thioether (sulfide) groups is 1. The predicted octanol–water partition coefficient (Wildman–Crippen LogP) is 2.68. The molecule has 3 rings (SSSR count). The molecule has 4 amide bonds. The first kappa shape index (κ1) is 30.7. The summed E-state index contributed by atoms with van der Waals surface area (Å²) in [6.07, 6.45) is 6.08. The van der Waals surface area contributed by atoms with Crippen molar-refractivity contribution in [2.75, 3.05) is 13.1 Å². The van der Waals surface area contributed by atoms with E-state index in [-0.39, 0.29) is 60.6 Å². The summed E-state index contributed by atoms with van der Waals surface area (Å²) in [5.74, 6) is -1.61. The Morgan fingerprint density at radius 1 is 1.00 bits per heavy atom. The minimum absolute atomic E-state index is 0.103. The molecule has 214 valence electrons. The largest absolute Gasteiger partial charge is 0.354 e. The Kier molecular flexibility index (Phi) is 11.2. The monoisotopic (exact) mass is 569 g/mol. The average molecular weight is 570 g/mol. The Morgan fingerprint density at radius 3 is 2.25 bits per heavy atom. The van der Waals surface area contributed by atoms with Crippen LogP contribution >= 0.6 is 11.8 Å². The fourth-order valence-electron chi connectivity index (χ4n) is 4.40. The van der Waals surface area contributed by atoms with Crippen molar-refractivity contribution in [3.05, 3.63) is 54.1 Å². The molecule has 2 N–H and O–H groups in total. The maximum Gasteiger partial charge on any atom is 0.261 e. The summed E-state index contributed by atoms with van der Waals surface area (Å²) in [5.41, 5.74) is 0.710. The molecule has 0 spiro atoms. The van der Waals surface area contributed by atoms with Crippen LogP contribution in [0.2, 0.25) is 0 Å². The standard InChI is InChI=1S/C28H35N5O6S/c1-18(2)16-22(25(36)30-12-6-11-24(35)32-15-13-29-17-32)31-26(37)23(40-19(3)34)10-7-14-33-27(38)20-8-4-5-9-21(20)28(33)39/h4-5,8-9,13,15,17-18,22-23H,6-7,10-12,14,16H2,1-3H3,(H,30,36)(H,31,37)/t22-,23?/m0/s1. The number of nitrogens with zero attached hydrogens (tertiary/aromatic N) is 3. The molecular weight excluding hydrogens is 534 g/mol. The Hall–Kier alpha value is -3.80. The topological polar surface area (TPSA) is 148 Å². The summed E-state index contributed by atoms with van der Waals surface area (Å²) in [7, 11) is 0. The van der Waals surface area contributed by atoms with Crippen LogP contribution in [0.1, 0.15) is 78.4 Å². The lowest BCUT2D eigenvalue weighted by atomic mass is 10.0. The molecule has 0 saturated heterocycles. The van der Waals surface area contributed by atoms with Crippen LogP contribution in [-0.4, -0.2) is 73.5 Å². The van der Waals surface area contributed by atoms with Gasteiger partial charge in [0.25, 0.3) is 11.8 Å². The lowest BCUT2D eigenvalue weighted by molar-refractivity contribution is -0.129. The summed E-state index contributed by atoms with van der Waals surface area (Å²) < 4.78 is 1.38. The second kappa shape index (κ2) is 14.5. The number of carbonyl (C=O) groups is 6. The highest BCUT2D eigenvalue weighted by Crippen LogP contribution is 2.24. The average Bonchev–Trinajstić information content (AvgIpc) is 3.53. The minimum Gasteiger partial charge on any atom is -0.354 e. The van der Waals surface area contributed by atoms with Gasteiger partial charge in [-0.05, 0) is 43.7 Å². The lowest BCUT2D eigenvalue weighted by Gasteiger charge is -2.23. The summed E-state index contributed by atoms with van der Waals surface area (Å²) in [4.78, 5) is 80.3. The summed E-state index contributed by atoms with van der Waals surface area (Å²) in [6.45, 7) is 5.59. The molecule has 0 bridgehead atoms. The van der Waals surface area contributed by atoms with Gasteiger partial charge in [-0.25, -0.2) is 4.98 Å². The molecule has 0 fully saturated rings. The number of benzene rings is 1. The lowest BCUT2D eigenvalue weighted by Crippen LogP contribution is -2.50. The Bertz CT molecular complexity index is 1210. The van der Waals surface area contributed by atoms with Crippen LogP contribution in [0.25, 0.3) is 0 Å². The first-order valence-electron chi connectivity index (χ1n) is 13.3. The second-order valence-electron chi connectivity index (χ2n) is 10.00. The van der Waals surface area contributed by atoms with Crippen LogP contribution in [0.15, 0.2) is 43.0 Å². The SMILES string of the molecule is CC(=O)SC(CCCN1C(=O)c2ccccc2C1=O)C(=O)N[C@@H](CC(C)C)C(=O)NCCCC(=O)n1ccnc1. The number of imide groups is 1. The molecule has 0 saturated carbocycles. The van der Waals surface area contributed by atoms with E-state index in [2.05, 4.69) is 15.6 Å². The Morgan fingerprint density at radius 2 is 1.68 bits per heavy atom. The van der Waals surface area contributed by atoms with Crippen molar-refractivity contribution in [3.8, 4) is 0 Å². The normalized spacial score (nSPS) is 14.2. The molecular formula is C28H35N5O6S. The van der Waals surface area contributed by atoms with Crippen LogP contribution in [-0.2, 0) is 14.4 Å². The molecule has 1 aliphatic rings. The third kappa shape index (κ3) is 8.35. The van der Waals surface area contributed by atoms with Gasteiger partial charge in [0.15, 0.2) is 5.12 Å². The predicted molar refractivity (Wildman–Crippen MR) is 150 cm³/mol. The van der Waals surface area contributed by atoms with Gasteiger partial charge in [-0.1, -0.05) is 37.7 Å². The first-order valence-corrected chi connectivity index (χ1v) is 14.2. The number of nitrogens with one attached hydrogen (secondary N) is 2. The van der Waals surface area contributed by atoms with Gasteiger partial charge in [0.05, 0.1) is 16.4 Å². The van der Waals surface area contributed by atoms with Gasteiger partial charge in [-0.15, -0.1) is 0 Å². The molecule has 0 radical (unpaired) electrons. The zero-order valence-corrected chi connectivity index (χ0v) is 23.7. The van der Waals surface area contributed by atoms with Crippen LogP contribution in [0.5, 0.6) is 0 Å². The highest BCUT2D eigenvalue weighted by Gasteiger charge is 2.35. The zero-order chi connectivity index (χ0) is 29.2. The maximum atomic E-state index is 13.2. The van der Waals surface area contributed by atoms with E-state index in [1.54, 1.807) is 30.5 Å². The number of fused-ring (bicyclic) bond motifs is 1. The molecule has 2 aromatic rings. The van der Waals surface area contributed by atoms with Crippen molar-refractivity contribution in [2.45, 2.75) is 64.2 Å². The smallest absolute Gasteiger partial charge is 0.261 e. The minimum atomic E-state index is -0.817. The summed E-state index contributed by atoms with van der Waals surface area (Å²) in [5, 5.41) is 4.53. The van der Waals surface area contributed by atoms with Crippen LogP contribution < -0.4 is 10.6 Å². The van der Waals surface area contributed by atoms with E-state index in [0.717, 1.165) is 16.7 Å². The van der Waals surface area contributed by atoms with E-state index in [9.17, 15) is 28.8 Å². The van der Waals surface area contributed by atoms with Gasteiger partial charge in [-0.3, -0.25) is 38.2 Å². The number of hydrogen-bond donors (Lipinski definition) is 2. The molecule has 1 unspecified atom stereocenters. The highest BCUT2D eigenvalue weighted by atomic mass is 32.2. The van der Waals surface area contributed by atoms with Gasteiger partial charge in [0.1, 0.15) is 12.4 Å². The fourth-order valence-corrected chi connectivity index (χ4v) is 5.26. The van der Waals surface area contributed by atoms with E-state index in [1.807, 2.05) is 13.8 Å². The van der Waals surface area contributed by atoms with E-state index in [1.165, 1.54) is 24.0 Å². The summed E-state index contributed by atoms with van der Waals surface area (Å²) >= 11 is 0.859. The van der Waals surface area contributed by atoms with Gasteiger partial charge >= 0.3 is 0 Å². The molecule has 1 aromatic heterocycles. The van der Waals surface area contributed by atoms with Crippen molar-refractivity contribution in [3.63, 3.8) is 0 Å². The maximum absolute atomic E-state index is 13.2. The molecule has 12 heteroatoms. The van der Waals surface area contributed by atoms with E-state index < -0.39 is 17.2 Å². The van der Waals surface area contributed by atoms with Crippen molar-refractivity contribution in [1.29, 1.82) is 0 Å². The van der Waals surface area contributed by atoms with Crippen LogP contribution in [0.4, 0.5) is 0 Å². The van der Waals surface area contributed by atoms with E-state index in [0.29, 0.717) is 30.4 Å². The molecule has 2 atom stereocenters. The number of carbonyl (C=O) groups excluding carboxylic acids is 6. The molecule has 1 aliphatic heterocycles. The van der Waals surface area contributed by atoms with Gasteiger partial charge in [0.2, 0.25) is 17.7 Å². The fraction of sp³-hybridized carbons (Fsp3) is 0.464. The number of hydrogen-bond acceptors (Lipinski definition) is 8. The van der Waals surface area contributed by atoms with E-state index in [4.69, 9.17) is 0 Å². The van der Waals surface area contributed by atoms with Crippen molar-refractivity contribution >= 4 is 46.4 Å². The van der Waals surface area contributed by atoms with Gasteiger partial charge in [0, 0.05) is 38.8 Å². The second-order valence-corrected chi connectivity index (χ2v) is 11.4.